The Bertz CT molecular complexity index is 589. The van der Waals surface area contributed by atoms with Crippen LogP contribution in [0.15, 0.2) is 0 Å². The zero-order valence-corrected chi connectivity index (χ0v) is 16.4. The molecule has 7 nitrogen and oxygen atoms in total. The molecule has 0 spiro atoms. The van der Waals surface area contributed by atoms with Crippen LogP contribution in [-0.4, -0.2) is 41.8 Å². The van der Waals surface area contributed by atoms with Gasteiger partial charge in [-0.15, -0.1) is 0 Å². The highest BCUT2D eigenvalue weighted by atomic mass is 16.5. The average Bonchev–Trinajstić information content (AvgIpc) is 2.49. The molecule has 4 aliphatic carbocycles. The summed E-state index contributed by atoms with van der Waals surface area (Å²) < 4.78 is 5.11. The van der Waals surface area contributed by atoms with Crippen LogP contribution in [0.25, 0.3) is 0 Å². The predicted molar refractivity (Wildman–Crippen MR) is 98.6 cm³/mol. The number of carbonyl (C=O) groups is 3. The van der Waals surface area contributed by atoms with Crippen molar-refractivity contribution in [3.63, 3.8) is 0 Å². The van der Waals surface area contributed by atoms with Crippen molar-refractivity contribution >= 4 is 17.9 Å². The molecule has 0 aromatic rings. The van der Waals surface area contributed by atoms with Crippen LogP contribution < -0.4 is 10.6 Å². The fourth-order valence-corrected chi connectivity index (χ4v) is 5.79. The first-order valence-electron chi connectivity index (χ1n) is 10.1. The van der Waals surface area contributed by atoms with Gasteiger partial charge in [-0.25, -0.2) is 4.79 Å². The molecule has 4 atom stereocenters. The molecule has 4 bridgehead atoms. The minimum absolute atomic E-state index is 0.180. The molecule has 0 saturated heterocycles. The van der Waals surface area contributed by atoms with Crippen molar-refractivity contribution in [2.45, 2.75) is 70.8 Å². The minimum Gasteiger partial charge on any atom is -0.456 e. The molecule has 3 amide bonds. The van der Waals surface area contributed by atoms with Crippen LogP contribution in [0.4, 0.5) is 4.79 Å². The van der Waals surface area contributed by atoms with Gasteiger partial charge in [0.15, 0.2) is 6.61 Å². The van der Waals surface area contributed by atoms with E-state index in [1.165, 1.54) is 0 Å². The maximum Gasteiger partial charge on any atom is 0.321 e. The largest absolute Gasteiger partial charge is 0.456 e. The number of imide groups is 1. The first kappa shape index (κ1) is 20.1. The van der Waals surface area contributed by atoms with Gasteiger partial charge < -0.3 is 15.2 Å². The number of hydrogen-bond acceptors (Lipinski definition) is 5. The number of carbonyl (C=O) groups excluding carboxylic acids is 3. The first-order chi connectivity index (χ1) is 12.7. The summed E-state index contributed by atoms with van der Waals surface area (Å²) in [5, 5.41) is 15.5. The molecule has 3 N–H and O–H groups in total. The highest BCUT2D eigenvalue weighted by Crippen LogP contribution is 2.62. The van der Waals surface area contributed by atoms with E-state index >= 15 is 0 Å². The van der Waals surface area contributed by atoms with Crippen molar-refractivity contribution in [3.05, 3.63) is 0 Å². The summed E-state index contributed by atoms with van der Waals surface area (Å²) in [6.45, 7) is 4.13. The number of esters is 1. The van der Waals surface area contributed by atoms with Crippen molar-refractivity contribution < 1.29 is 24.2 Å². The van der Waals surface area contributed by atoms with Gasteiger partial charge in [0.2, 0.25) is 0 Å². The van der Waals surface area contributed by atoms with E-state index in [1.807, 2.05) is 13.8 Å². The third kappa shape index (κ3) is 5.21. The lowest BCUT2D eigenvalue weighted by molar-refractivity contribution is -0.177. The van der Waals surface area contributed by atoms with E-state index in [2.05, 4.69) is 10.6 Å². The van der Waals surface area contributed by atoms with E-state index in [0.29, 0.717) is 30.7 Å². The van der Waals surface area contributed by atoms with E-state index in [1.54, 1.807) is 0 Å². The van der Waals surface area contributed by atoms with Crippen LogP contribution in [0.5, 0.6) is 0 Å². The Morgan fingerprint density at radius 1 is 1.15 bits per heavy atom. The van der Waals surface area contributed by atoms with Gasteiger partial charge in [-0.1, -0.05) is 13.8 Å². The third-order valence-electron chi connectivity index (χ3n) is 6.30. The van der Waals surface area contributed by atoms with Gasteiger partial charge in [-0.2, -0.15) is 0 Å². The lowest BCUT2D eigenvalue weighted by atomic mass is 9.47. The molecular formula is C20H32N2O5. The second kappa shape index (κ2) is 7.78. The van der Waals surface area contributed by atoms with Crippen molar-refractivity contribution in [3.8, 4) is 0 Å². The molecule has 0 heterocycles. The van der Waals surface area contributed by atoms with Crippen LogP contribution in [-0.2, 0) is 14.3 Å². The van der Waals surface area contributed by atoms with Crippen LogP contribution in [0.1, 0.15) is 65.2 Å². The monoisotopic (exact) mass is 380 g/mol. The number of hydrogen-bond donors (Lipinski definition) is 3. The molecule has 0 aliphatic heterocycles. The topological polar surface area (TPSA) is 105 Å². The number of urea groups is 1. The lowest BCUT2D eigenvalue weighted by Gasteiger charge is -2.60. The Hall–Kier alpha value is -1.63. The molecule has 152 valence electrons. The van der Waals surface area contributed by atoms with E-state index in [0.717, 1.165) is 38.5 Å². The lowest BCUT2D eigenvalue weighted by Crippen LogP contribution is -2.56. The summed E-state index contributed by atoms with van der Waals surface area (Å²) in [6.07, 6.45) is 6.53. The van der Waals surface area contributed by atoms with Gasteiger partial charge >= 0.3 is 12.0 Å². The highest BCUT2D eigenvalue weighted by Gasteiger charge is 2.57. The van der Waals surface area contributed by atoms with Crippen molar-refractivity contribution in [2.75, 3.05) is 13.2 Å². The summed E-state index contributed by atoms with van der Waals surface area (Å²) in [6, 6.07) is -0.569. The molecule has 4 rings (SSSR count). The van der Waals surface area contributed by atoms with Crippen molar-refractivity contribution in [2.24, 2.45) is 23.2 Å². The smallest absolute Gasteiger partial charge is 0.321 e. The Morgan fingerprint density at radius 3 is 2.41 bits per heavy atom. The van der Waals surface area contributed by atoms with Crippen LogP contribution in [0.3, 0.4) is 0 Å². The van der Waals surface area contributed by atoms with Gasteiger partial charge in [-0.3, -0.25) is 14.9 Å². The molecule has 27 heavy (non-hydrogen) atoms. The fraction of sp³-hybridized carbons (Fsp3) is 0.850. The normalized spacial score (nSPS) is 33.8. The molecule has 0 aromatic carbocycles. The second-order valence-corrected chi connectivity index (χ2v) is 9.51. The summed E-state index contributed by atoms with van der Waals surface area (Å²) in [4.78, 5) is 35.7. The molecule has 2 unspecified atom stereocenters. The maximum atomic E-state index is 12.3. The quantitative estimate of drug-likeness (QED) is 0.587. The minimum atomic E-state index is -0.630. The Kier molecular flexibility index (Phi) is 5.79. The maximum absolute atomic E-state index is 12.3. The Labute approximate surface area is 160 Å². The molecule has 4 saturated carbocycles. The molecule has 7 heteroatoms. The molecule has 0 aromatic heterocycles. The average molecular weight is 380 g/mol. The Morgan fingerprint density at radius 2 is 1.81 bits per heavy atom. The number of amides is 3. The van der Waals surface area contributed by atoms with Crippen LogP contribution in [0, 0.1) is 23.2 Å². The van der Waals surface area contributed by atoms with Crippen LogP contribution in [0.2, 0.25) is 0 Å². The number of ether oxygens (including phenoxy) is 1. The van der Waals surface area contributed by atoms with Crippen molar-refractivity contribution in [1.29, 1.82) is 0 Å². The second-order valence-electron chi connectivity index (χ2n) is 9.51. The van der Waals surface area contributed by atoms with Gasteiger partial charge in [0.05, 0.1) is 12.0 Å². The first-order valence-corrected chi connectivity index (χ1v) is 10.1. The number of nitrogens with one attached hydrogen (secondary N) is 2. The molecule has 0 radical (unpaired) electrons. The van der Waals surface area contributed by atoms with E-state index in [4.69, 9.17) is 4.74 Å². The molecule has 4 fully saturated rings. The summed E-state index contributed by atoms with van der Waals surface area (Å²) >= 11 is 0. The standard InChI is InChI=1S/C20H32N2O5/c1-13(2)3-4-21-18(25)22-16(23)11-27-17(24)10-19-6-14-5-15(7-19)9-20(26,8-14)12-19/h13-15,26H,3-12H2,1-2H3,(H2,21,22,23,25)/t14-,15+,19?,20?. The zero-order valence-electron chi connectivity index (χ0n) is 16.4. The summed E-state index contributed by atoms with van der Waals surface area (Å²) in [7, 11) is 0. The Balaban J connectivity index is 1.40. The highest BCUT2D eigenvalue weighted by molar-refractivity contribution is 5.95. The van der Waals surface area contributed by atoms with Crippen molar-refractivity contribution in [1.82, 2.24) is 10.6 Å². The third-order valence-corrected chi connectivity index (χ3v) is 6.30. The van der Waals surface area contributed by atoms with E-state index < -0.39 is 30.1 Å². The fourth-order valence-electron chi connectivity index (χ4n) is 5.79. The van der Waals surface area contributed by atoms with Gasteiger partial charge in [0.1, 0.15) is 0 Å². The molecular weight excluding hydrogens is 348 g/mol. The molecule has 4 aliphatic rings. The summed E-state index contributed by atoms with van der Waals surface area (Å²) in [5.41, 5.74) is -0.795. The zero-order chi connectivity index (χ0) is 19.7. The number of aliphatic hydroxyl groups is 1. The van der Waals surface area contributed by atoms with E-state index in [9.17, 15) is 19.5 Å². The summed E-state index contributed by atoms with van der Waals surface area (Å²) in [5.74, 6) is 0.416. The predicted octanol–water partition coefficient (Wildman–Crippen LogP) is 2.12. The van der Waals surface area contributed by atoms with Gasteiger partial charge in [0.25, 0.3) is 5.91 Å². The van der Waals surface area contributed by atoms with E-state index in [-0.39, 0.29) is 11.8 Å². The number of rotatable bonds is 7. The SMILES string of the molecule is CC(C)CCNC(=O)NC(=O)COC(=O)CC12C[C@@H]3C[C@@H](CC(O)(C3)C1)C2. The van der Waals surface area contributed by atoms with Gasteiger partial charge in [-0.05, 0) is 68.1 Å². The van der Waals surface area contributed by atoms with Crippen LogP contribution >= 0.6 is 0 Å². The van der Waals surface area contributed by atoms with Gasteiger partial charge in [0, 0.05) is 6.54 Å².